The van der Waals surface area contributed by atoms with E-state index >= 15 is 0 Å². The van der Waals surface area contributed by atoms with Crippen LogP contribution in [0.2, 0.25) is 0 Å². The number of anilines is 1. The van der Waals surface area contributed by atoms with Crippen molar-refractivity contribution >= 4 is 5.95 Å². The van der Waals surface area contributed by atoms with Crippen molar-refractivity contribution in [1.82, 2.24) is 14.5 Å². The summed E-state index contributed by atoms with van der Waals surface area (Å²) in [6.45, 7) is 6.38. The van der Waals surface area contributed by atoms with E-state index < -0.39 is 0 Å². The lowest BCUT2D eigenvalue weighted by Crippen LogP contribution is -2.50. The smallest absolute Gasteiger partial charge is 0.255 e. The van der Waals surface area contributed by atoms with Gasteiger partial charge in [0.15, 0.2) is 0 Å². The molecule has 6 nitrogen and oxygen atoms in total. The molecule has 0 radical (unpaired) electrons. The summed E-state index contributed by atoms with van der Waals surface area (Å²) in [6, 6.07) is 5.52. The van der Waals surface area contributed by atoms with E-state index in [9.17, 15) is 4.79 Å². The van der Waals surface area contributed by atoms with Gasteiger partial charge in [0, 0.05) is 37.6 Å². The van der Waals surface area contributed by atoms with Crippen LogP contribution in [0.15, 0.2) is 35.4 Å². The molecule has 1 fully saturated rings. The van der Waals surface area contributed by atoms with Gasteiger partial charge in [-0.2, -0.15) is 0 Å². The highest BCUT2D eigenvalue weighted by molar-refractivity contribution is 5.59. The molecule has 0 unspecified atom stereocenters. The SMILES string of the molecule is CC(C)[C@@H]1COCCN1c1nc(-c2ccncc2)cc(=O)n1C. The monoisotopic (exact) mass is 314 g/mol. The molecule has 122 valence electrons. The molecule has 1 aliphatic rings. The zero-order valence-corrected chi connectivity index (χ0v) is 13.8. The molecule has 3 heterocycles. The van der Waals surface area contributed by atoms with Gasteiger partial charge in [-0.15, -0.1) is 0 Å². The first-order valence-corrected chi connectivity index (χ1v) is 7.91. The number of pyridine rings is 1. The molecular formula is C17H22N4O2. The van der Waals surface area contributed by atoms with E-state index in [-0.39, 0.29) is 11.6 Å². The molecular weight excluding hydrogens is 292 g/mol. The molecule has 23 heavy (non-hydrogen) atoms. The van der Waals surface area contributed by atoms with Gasteiger partial charge in [0.05, 0.1) is 24.9 Å². The second-order valence-electron chi connectivity index (χ2n) is 6.15. The molecule has 0 aliphatic carbocycles. The highest BCUT2D eigenvalue weighted by atomic mass is 16.5. The molecule has 0 amide bonds. The highest BCUT2D eigenvalue weighted by Gasteiger charge is 2.28. The van der Waals surface area contributed by atoms with Gasteiger partial charge in [-0.1, -0.05) is 13.8 Å². The molecule has 2 aromatic heterocycles. The van der Waals surface area contributed by atoms with Gasteiger partial charge in [-0.3, -0.25) is 14.3 Å². The fraction of sp³-hybridized carbons (Fsp3) is 0.471. The molecule has 0 aromatic carbocycles. The first-order valence-electron chi connectivity index (χ1n) is 7.91. The summed E-state index contributed by atoms with van der Waals surface area (Å²) in [4.78, 5) is 23.4. The lowest BCUT2D eigenvalue weighted by atomic mass is 10.0. The molecule has 1 atom stereocenters. The Labute approximate surface area is 135 Å². The standard InChI is InChI=1S/C17H22N4O2/c1-12(2)15-11-23-9-8-21(15)17-19-14(10-16(22)20(17)3)13-4-6-18-7-5-13/h4-7,10,12,15H,8-9,11H2,1-3H3/t15-/m0/s1. The van der Waals surface area contributed by atoms with Crippen molar-refractivity contribution in [1.29, 1.82) is 0 Å². The van der Waals surface area contributed by atoms with E-state index in [4.69, 9.17) is 9.72 Å². The van der Waals surface area contributed by atoms with Crippen LogP contribution in [0.1, 0.15) is 13.8 Å². The zero-order chi connectivity index (χ0) is 16.4. The number of morpholine rings is 1. The van der Waals surface area contributed by atoms with Crippen molar-refractivity contribution in [3.05, 3.63) is 40.9 Å². The minimum absolute atomic E-state index is 0.0594. The summed E-state index contributed by atoms with van der Waals surface area (Å²) in [5.74, 6) is 1.11. The molecule has 0 saturated carbocycles. The Morgan fingerprint density at radius 1 is 1.30 bits per heavy atom. The predicted octanol–water partition coefficient (Wildman–Crippen LogP) is 1.70. The highest BCUT2D eigenvalue weighted by Crippen LogP contribution is 2.23. The fourth-order valence-electron chi connectivity index (χ4n) is 2.88. The second-order valence-corrected chi connectivity index (χ2v) is 6.15. The topological polar surface area (TPSA) is 60.2 Å². The van der Waals surface area contributed by atoms with Crippen molar-refractivity contribution in [2.45, 2.75) is 19.9 Å². The molecule has 2 aromatic rings. The third-order valence-corrected chi connectivity index (χ3v) is 4.28. The summed E-state index contributed by atoms with van der Waals surface area (Å²) < 4.78 is 7.23. The van der Waals surface area contributed by atoms with Crippen LogP contribution in [0.3, 0.4) is 0 Å². The normalized spacial score (nSPS) is 18.4. The maximum Gasteiger partial charge on any atom is 0.255 e. The minimum atomic E-state index is -0.0594. The van der Waals surface area contributed by atoms with E-state index in [0.29, 0.717) is 30.8 Å². The molecule has 3 rings (SSSR count). The number of aromatic nitrogens is 3. The van der Waals surface area contributed by atoms with Crippen molar-refractivity contribution in [2.24, 2.45) is 13.0 Å². The van der Waals surface area contributed by atoms with E-state index in [2.05, 4.69) is 23.7 Å². The quantitative estimate of drug-likeness (QED) is 0.863. The van der Waals surface area contributed by atoms with Crippen LogP contribution in [-0.2, 0) is 11.8 Å². The van der Waals surface area contributed by atoms with E-state index in [1.807, 2.05) is 12.1 Å². The van der Waals surface area contributed by atoms with Crippen molar-refractivity contribution in [2.75, 3.05) is 24.7 Å². The van der Waals surface area contributed by atoms with Gasteiger partial charge in [0.2, 0.25) is 5.95 Å². The van der Waals surface area contributed by atoms with Crippen LogP contribution < -0.4 is 10.5 Å². The van der Waals surface area contributed by atoms with Gasteiger partial charge < -0.3 is 9.64 Å². The average molecular weight is 314 g/mol. The van der Waals surface area contributed by atoms with E-state index in [0.717, 1.165) is 12.1 Å². The Balaban J connectivity index is 2.08. The Morgan fingerprint density at radius 3 is 2.74 bits per heavy atom. The minimum Gasteiger partial charge on any atom is -0.377 e. The van der Waals surface area contributed by atoms with Crippen LogP contribution in [0.4, 0.5) is 5.95 Å². The van der Waals surface area contributed by atoms with Crippen molar-refractivity contribution in [3.8, 4) is 11.3 Å². The maximum atomic E-state index is 12.4. The molecule has 0 bridgehead atoms. The van der Waals surface area contributed by atoms with Gasteiger partial charge in [-0.05, 0) is 18.1 Å². The zero-order valence-electron chi connectivity index (χ0n) is 13.8. The van der Waals surface area contributed by atoms with Crippen LogP contribution in [0.5, 0.6) is 0 Å². The van der Waals surface area contributed by atoms with Gasteiger partial charge >= 0.3 is 0 Å². The fourth-order valence-corrected chi connectivity index (χ4v) is 2.88. The second kappa shape index (κ2) is 6.50. The third-order valence-electron chi connectivity index (χ3n) is 4.28. The van der Waals surface area contributed by atoms with Gasteiger partial charge in [0.25, 0.3) is 5.56 Å². The van der Waals surface area contributed by atoms with Crippen molar-refractivity contribution in [3.63, 3.8) is 0 Å². The summed E-state index contributed by atoms with van der Waals surface area (Å²) in [6.07, 6.45) is 3.42. The Morgan fingerprint density at radius 2 is 2.04 bits per heavy atom. The summed E-state index contributed by atoms with van der Waals surface area (Å²) in [5.41, 5.74) is 1.52. The van der Waals surface area contributed by atoms with Crippen LogP contribution in [0.25, 0.3) is 11.3 Å². The molecule has 0 spiro atoms. The molecule has 1 aliphatic heterocycles. The Bertz CT molecular complexity index is 727. The predicted molar refractivity (Wildman–Crippen MR) is 89.5 cm³/mol. The maximum absolute atomic E-state index is 12.4. The largest absolute Gasteiger partial charge is 0.377 e. The van der Waals surface area contributed by atoms with Gasteiger partial charge in [-0.25, -0.2) is 4.98 Å². The first kappa shape index (κ1) is 15.7. The third kappa shape index (κ3) is 3.12. The number of hydrogen-bond acceptors (Lipinski definition) is 5. The summed E-state index contributed by atoms with van der Waals surface area (Å²) >= 11 is 0. The van der Waals surface area contributed by atoms with Crippen molar-refractivity contribution < 1.29 is 4.74 Å². The Hall–Kier alpha value is -2.21. The van der Waals surface area contributed by atoms with Gasteiger partial charge in [0.1, 0.15) is 0 Å². The number of nitrogens with zero attached hydrogens (tertiary/aromatic N) is 4. The molecule has 1 saturated heterocycles. The molecule has 6 heteroatoms. The lowest BCUT2D eigenvalue weighted by Gasteiger charge is -2.39. The van der Waals surface area contributed by atoms with E-state index in [1.54, 1.807) is 30.1 Å². The number of rotatable bonds is 3. The average Bonchev–Trinajstić information content (AvgIpc) is 2.58. The summed E-state index contributed by atoms with van der Waals surface area (Å²) in [7, 11) is 1.77. The first-order chi connectivity index (χ1) is 11.1. The Kier molecular flexibility index (Phi) is 4.43. The van der Waals surface area contributed by atoms with Crippen LogP contribution in [-0.4, -0.2) is 40.3 Å². The van der Waals surface area contributed by atoms with Crippen LogP contribution in [0, 0.1) is 5.92 Å². The summed E-state index contributed by atoms with van der Waals surface area (Å²) in [5, 5.41) is 0. The number of hydrogen-bond donors (Lipinski definition) is 0. The van der Waals surface area contributed by atoms with Crippen LogP contribution >= 0.6 is 0 Å². The van der Waals surface area contributed by atoms with E-state index in [1.165, 1.54) is 0 Å². The lowest BCUT2D eigenvalue weighted by molar-refractivity contribution is 0.0793. The molecule has 0 N–H and O–H groups in total. The number of ether oxygens (including phenoxy) is 1.